The smallest absolute Gasteiger partial charge is 0.254 e. The van der Waals surface area contributed by atoms with Crippen LogP contribution in [0, 0.1) is 18.6 Å². The van der Waals surface area contributed by atoms with E-state index in [0.29, 0.717) is 17.3 Å². The lowest BCUT2D eigenvalue weighted by molar-refractivity contribution is -0.116. The molecule has 0 aliphatic carbocycles. The first-order valence-corrected chi connectivity index (χ1v) is 10.2. The van der Waals surface area contributed by atoms with Crippen molar-refractivity contribution in [2.45, 2.75) is 24.7 Å². The van der Waals surface area contributed by atoms with Crippen LogP contribution in [-0.2, 0) is 14.8 Å². The molecule has 0 saturated heterocycles. The van der Waals surface area contributed by atoms with Crippen molar-refractivity contribution in [1.29, 1.82) is 0 Å². The Balaban J connectivity index is 1.86. The number of anilines is 1. The molecular weight excluding hydrogens is 404 g/mol. The molecule has 2 amide bonds. The zero-order chi connectivity index (χ0) is 21.6. The topological polar surface area (TPSA) is 104 Å². The van der Waals surface area contributed by atoms with Gasteiger partial charge in [-0.25, -0.2) is 21.9 Å². The molecule has 0 aliphatic heterocycles. The molecule has 29 heavy (non-hydrogen) atoms. The van der Waals surface area contributed by atoms with Crippen molar-refractivity contribution in [1.82, 2.24) is 10.0 Å². The highest BCUT2D eigenvalue weighted by molar-refractivity contribution is 7.89. The van der Waals surface area contributed by atoms with Gasteiger partial charge in [-0.1, -0.05) is 6.07 Å². The number of carbonyl (C=O) groups is 2. The van der Waals surface area contributed by atoms with E-state index in [1.54, 1.807) is 19.1 Å². The van der Waals surface area contributed by atoms with Crippen molar-refractivity contribution in [3.8, 4) is 0 Å². The number of amides is 2. The van der Waals surface area contributed by atoms with Crippen molar-refractivity contribution < 1.29 is 26.8 Å². The van der Waals surface area contributed by atoms with E-state index in [9.17, 15) is 26.8 Å². The maximum Gasteiger partial charge on any atom is 0.254 e. The molecule has 0 radical (unpaired) electrons. The minimum absolute atomic E-state index is 0.0498. The summed E-state index contributed by atoms with van der Waals surface area (Å²) < 4.78 is 52.6. The summed E-state index contributed by atoms with van der Waals surface area (Å²) in [5.74, 6) is -2.82. The van der Waals surface area contributed by atoms with Crippen LogP contribution in [0.1, 0.15) is 28.8 Å². The van der Waals surface area contributed by atoms with Gasteiger partial charge in [0.1, 0.15) is 11.6 Å². The molecule has 0 unspecified atom stereocenters. The van der Waals surface area contributed by atoms with Gasteiger partial charge in [0, 0.05) is 24.7 Å². The maximum absolute atomic E-state index is 13.5. The van der Waals surface area contributed by atoms with Gasteiger partial charge in [0.15, 0.2) is 0 Å². The Morgan fingerprint density at radius 2 is 1.79 bits per heavy atom. The van der Waals surface area contributed by atoms with Crippen LogP contribution in [0.4, 0.5) is 14.5 Å². The highest BCUT2D eigenvalue weighted by atomic mass is 32.2. The van der Waals surface area contributed by atoms with Crippen LogP contribution in [0.15, 0.2) is 41.3 Å². The molecule has 2 rings (SSSR count). The van der Waals surface area contributed by atoms with E-state index >= 15 is 0 Å². The minimum Gasteiger partial charge on any atom is -0.352 e. The molecule has 7 nitrogen and oxygen atoms in total. The lowest BCUT2D eigenvalue weighted by Gasteiger charge is -2.11. The fraction of sp³-hybridized carbons (Fsp3) is 0.263. The summed E-state index contributed by atoms with van der Waals surface area (Å²) in [6.45, 7) is 1.75. The Bertz CT molecular complexity index is 1030. The van der Waals surface area contributed by atoms with Crippen LogP contribution in [0.5, 0.6) is 0 Å². The Morgan fingerprint density at radius 3 is 2.45 bits per heavy atom. The van der Waals surface area contributed by atoms with Gasteiger partial charge >= 0.3 is 0 Å². The number of hydrogen-bond acceptors (Lipinski definition) is 4. The molecule has 2 aromatic rings. The summed E-state index contributed by atoms with van der Waals surface area (Å²) >= 11 is 0. The second kappa shape index (κ2) is 9.57. The number of benzene rings is 2. The molecule has 0 saturated carbocycles. The minimum atomic E-state index is -3.65. The zero-order valence-corrected chi connectivity index (χ0v) is 16.7. The quantitative estimate of drug-likeness (QED) is 0.565. The summed E-state index contributed by atoms with van der Waals surface area (Å²) in [5.41, 5.74) is 0.578. The molecular formula is C19H21F2N3O4S. The first kappa shape index (κ1) is 22.4. The molecule has 0 spiro atoms. The molecule has 2 aromatic carbocycles. The fourth-order valence-corrected chi connectivity index (χ4v) is 3.51. The number of aryl methyl sites for hydroxylation is 1. The molecule has 0 heterocycles. The lowest BCUT2D eigenvalue weighted by atomic mass is 10.2. The van der Waals surface area contributed by atoms with E-state index < -0.39 is 27.6 Å². The first-order chi connectivity index (χ1) is 13.6. The Morgan fingerprint density at radius 1 is 1.07 bits per heavy atom. The van der Waals surface area contributed by atoms with E-state index in [4.69, 9.17) is 0 Å². The monoisotopic (exact) mass is 425 g/mol. The van der Waals surface area contributed by atoms with Crippen LogP contribution in [0.3, 0.4) is 0 Å². The van der Waals surface area contributed by atoms with Crippen molar-refractivity contribution in [3.05, 3.63) is 59.2 Å². The molecule has 0 fully saturated rings. The third-order valence-electron chi connectivity index (χ3n) is 4.07. The van der Waals surface area contributed by atoms with E-state index in [2.05, 4.69) is 15.4 Å². The number of carbonyl (C=O) groups excluding carboxylic acids is 2. The highest BCUT2D eigenvalue weighted by Crippen LogP contribution is 2.20. The number of rotatable bonds is 8. The van der Waals surface area contributed by atoms with Gasteiger partial charge in [0.25, 0.3) is 5.91 Å². The van der Waals surface area contributed by atoms with E-state index in [1.807, 2.05) is 0 Å². The average Bonchev–Trinajstić information content (AvgIpc) is 2.66. The van der Waals surface area contributed by atoms with Crippen LogP contribution in [0.25, 0.3) is 0 Å². The molecule has 0 aliphatic rings. The predicted octanol–water partition coefficient (Wildman–Crippen LogP) is 2.33. The van der Waals surface area contributed by atoms with Crippen molar-refractivity contribution in [2.75, 3.05) is 18.9 Å². The summed E-state index contributed by atoms with van der Waals surface area (Å²) in [6, 6.07) is 7.17. The van der Waals surface area contributed by atoms with Crippen LogP contribution in [0.2, 0.25) is 0 Å². The van der Waals surface area contributed by atoms with E-state index in [1.165, 1.54) is 13.1 Å². The average molecular weight is 425 g/mol. The summed E-state index contributed by atoms with van der Waals surface area (Å²) in [5, 5.41) is 5.05. The number of nitrogens with one attached hydrogen (secondary N) is 3. The normalized spacial score (nSPS) is 11.2. The Labute approximate surface area is 167 Å². The van der Waals surface area contributed by atoms with Gasteiger partial charge in [0.2, 0.25) is 15.9 Å². The maximum atomic E-state index is 13.5. The molecule has 0 aromatic heterocycles. The third-order valence-corrected chi connectivity index (χ3v) is 5.63. The molecule has 156 valence electrons. The standard InChI is InChI=1S/C19H21F2N3O4S/c1-12-5-7-14(11-17(12)29(27,28)22-2)24-18(25)4-3-9-23-19(26)15-8-6-13(20)10-16(15)21/h5-8,10-11,22H,3-4,9H2,1-2H3,(H,23,26)(H,24,25). The summed E-state index contributed by atoms with van der Waals surface area (Å²) in [7, 11) is -2.36. The second-order valence-electron chi connectivity index (χ2n) is 6.22. The molecule has 3 N–H and O–H groups in total. The fourth-order valence-electron chi connectivity index (χ4n) is 2.52. The number of sulfonamides is 1. The van der Waals surface area contributed by atoms with Crippen LogP contribution < -0.4 is 15.4 Å². The third kappa shape index (κ3) is 6.06. The molecule has 0 atom stereocenters. The summed E-state index contributed by atoms with van der Waals surface area (Å²) in [6.07, 6.45) is 0.322. The van der Waals surface area contributed by atoms with E-state index in [-0.39, 0.29) is 35.8 Å². The molecule has 0 bridgehead atoms. The van der Waals surface area contributed by atoms with Crippen molar-refractivity contribution >= 4 is 27.5 Å². The van der Waals surface area contributed by atoms with Crippen molar-refractivity contribution in [2.24, 2.45) is 0 Å². The lowest BCUT2D eigenvalue weighted by Crippen LogP contribution is -2.26. The predicted molar refractivity (Wildman–Crippen MR) is 104 cm³/mol. The Kier molecular flexibility index (Phi) is 7.40. The number of halogens is 2. The zero-order valence-electron chi connectivity index (χ0n) is 15.9. The highest BCUT2D eigenvalue weighted by Gasteiger charge is 2.16. The first-order valence-electron chi connectivity index (χ1n) is 8.71. The van der Waals surface area contributed by atoms with Gasteiger partial charge in [0.05, 0.1) is 10.5 Å². The Hall–Kier alpha value is -2.85. The van der Waals surface area contributed by atoms with E-state index in [0.717, 1.165) is 12.1 Å². The second-order valence-corrected chi connectivity index (χ2v) is 8.07. The van der Waals surface area contributed by atoms with Crippen LogP contribution in [-0.4, -0.2) is 33.8 Å². The van der Waals surface area contributed by atoms with Gasteiger partial charge < -0.3 is 10.6 Å². The van der Waals surface area contributed by atoms with Gasteiger partial charge in [-0.3, -0.25) is 9.59 Å². The van der Waals surface area contributed by atoms with Crippen LogP contribution >= 0.6 is 0 Å². The SMILES string of the molecule is CNS(=O)(=O)c1cc(NC(=O)CCCNC(=O)c2ccc(F)cc2F)ccc1C. The number of hydrogen-bond donors (Lipinski definition) is 3. The van der Waals surface area contributed by atoms with Gasteiger partial charge in [-0.2, -0.15) is 0 Å². The van der Waals surface area contributed by atoms with Crippen molar-refractivity contribution in [3.63, 3.8) is 0 Å². The summed E-state index contributed by atoms with van der Waals surface area (Å²) in [4.78, 5) is 24.0. The van der Waals surface area contributed by atoms with Gasteiger partial charge in [-0.05, 0) is 50.2 Å². The van der Waals surface area contributed by atoms with Gasteiger partial charge in [-0.15, -0.1) is 0 Å². The largest absolute Gasteiger partial charge is 0.352 e. The molecule has 10 heteroatoms.